The van der Waals surface area contributed by atoms with Crippen molar-refractivity contribution in [3.63, 3.8) is 0 Å². The average molecular weight is 286 g/mol. The molecule has 4 heteroatoms. The summed E-state index contributed by atoms with van der Waals surface area (Å²) in [6, 6.07) is 2.05. The van der Waals surface area contributed by atoms with Crippen molar-refractivity contribution in [3.8, 4) is 0 Å². The van der Waals surface area contributed by atoms with Gasteiger partial charge in [-0.25, -0.2) is 0 Å². The van der Waals surface area contributed by atoms with E-state index in [2.05, 4.69) is 29.8 Å². The highest BCUT2D eigenvalue weighted by atomic mass is 79.9. The van der Waals surface area contributed by atoms with Crippen LogP contribution in [0.25, 0.3) is 0 Å². The van der Waals surface area contributed by atoms with Gasteiger partial charge in [0.1, 0.15) is 0 Å². The minimum absolute atomic E-state index is 0.0691. The molecule has 1 fully saturated rings. The topological polar surface area (TPSA) is 33.5 Å². The Kier molecular flexibility index (Phi) is 3.38. The summed E-state index contributed by atoms with van der Waals surface area (Å²) in [6.45, 7) is 5.14. The first-order valence-electron chi connectivity index (χ1n) is 5.63. The Morgan fingerprint density at radius 2 is 2.25 bits per heavy atom. The van der Waals surface area contributed by atoms with Gasteiger partial charge in [0.05, 0.1) is 11.8 Å². The summed E-state index contributed by atoms with van der Waals surface area (Å²) < 4.78 is 5.64. The van der Waals surface area contributed by atoms with E-state index in [4.69, 9.17) is 4.42 Å². The molecular weight excluding hydrogens is 270 g/mol. The first-order valence-corrected chi connectivity index (χ1v) is 6.43. The Morgan fingerprint density at radius 1 is 1.50 bits per heavy atom. The average Bonchev–Trinajstić information content (AvgIpc) is 2.67. The molecule has 1 aliphatic heterocycles. The molecule has 0 radical (unpaired) electrons. The molecule has 2 rings (SSSR count). The number of rotatable bonds is 1. The number of amides is 1. The normalized spacial score (nSPS) is 25.8. The molecule has 2 unspecified atom stereocenters. The second-order valence-electron chi connectivity index (χ2n) is 4.60. The minimum atomic E-state index is 0.0691. The second-order valence-corrected chi connectivity index (χ2v) is 5.32. The van der Waals surface area contributed by atoms with Crippen molar-refractivity contribution in [2.75, 3.05) is 6.54 Å². The molecule has 88 valence electrons. The van der Waals surface area contributed by atoms with Gasteiger partial charge in [-0.05, 0) is 47.7 Å². The number of hydrogen-bond acceptors (Lipinski definition) is 2. The van der Waals surface area contributed by atoms with Crippen molar-refractivity contribution in [2.24, 2.45) is 5.92 Å². The number of halogens is 1. The van der Waals surface area contributed by atoms with Gasteiger partial charge in [0.25, 0.3) is 5.91 Å². The lowest BCUT2D eigenvalue weighted by atomic mass is 9.94. The standard InChI is InChI=1S/C12H16BrNO2/c1-8-3-4-9(2)14(7-8)12(15)10-5-6-16-11(10)13/h5-6,8-9H,3-4,7H2,1-2H3. The number of piperidine rings is 1. The van der Waals surface area contributed by atoms with Crippen LogP contribution in [0.2, 0.25) is 0 Å². The Morgan fingerprint density at radius 3 is 2.88 bits per heavy atom. The monoisotopic (exact) mass is 285 g/mol. The van der Waals surface area contributed by atoms with Crippen LogP contribution >= 0.6 is 15.9 Å². The molecule has 16 heavy (non-hydrogen) atoms. The van der Waals surface area contributed by atoms with Crippen LogP contribution in [-0.4, -0.2) is 23.4 Å². The predicted molar refractivity (Wildman–Crippen MR) is 65.3 cm³/mol. The van der Waals surface area contributed by atoms with Gasteiger partial charge in [-0.3, -0.25) is 4.79 Å². The van der Waals surface area contributed by atoms with Gasteiger partial charge in [-0.15, -0.1) is 0 Å². The largest absolute Gasteiger partial charge is 0.457 e. The van der Waals surface area contributed by atoms with Gasteiger partial charge in [0, 0.05) is 12.6 Å². The highest BCUT2D eigenvalue weighted by Gasteiger charge is 2.29. The zero-order valence-electron chi connectivity index (χ0n) is 9.57. The molecule has 0 saturated carbocycles. The number of hydrogen-bond donors (Lipinski definition) is 0. The van der Waals surface area contributed by atoms with E-state index in [9.17, 15) is 4.79 Å². The third-order valence-corrected chi connectivity index (χ3v) is 3.84. The Bertz CT molecular complexity index is 388. The first-order chi connectivity index (χ1) is 7.59. The van der Waals surface area contributed by atoms with Gasteiger partial charge in [0.2, 0.25) is 0 Å². The number of furan rings is 1. The molecule has 0 spiro atoms. The van der Waals surface area contributed by atoms with E-state index in [-0.39, 0.29) is 5.91 Å². The maximum Gasteiger partial charge on any atom is 0.258 e. The van der Waals surface area contributed by atoms with Crippen LogP contribution < -0.4 is 0 Å². The zero-order chi connectivity index (χ0) is 11.7. The van der Waals surface area contributed by atoms with Crippen molar-refractivity contribution >= 4 is 21.8 Å². The predicted octanol–water partition coefficient (Wildman–Crippen LogP) is 3.30. The lowest BCUT2D eigenvalue weighted by Gasteiger charge is -2.36. The van der Waals surface area contributed by atoms with Crippen molar-refractivity contribution in [3.05, 3.63) is 22.6 Å². The first kappa shape index (κ1) is 11.7. The maximum absolute atomic E-state index is 12.3. The summed E-state index contributed by atoms with van der Waals surface area (Å²) in [6.07, 6.45) is 3.83. The lowest BCUT2D eigenvalue weighted by molar-refractivity contribution is 0.0572. The molecular formula is C12H16BrNO2. The van der Waals surface area contributed by atoms with Crippen molar-refractivity contribution < 1.29 is 9.21 Å². The van der Waals surface area contributed by atoms with E-state index in [0.29, 0.717) is 22.2 Å². The molecule has 0 bridgehead atoms. The summed E-state index contributed by atoms with van der Waals surface area (Å²) in [4.78, 5) is 14.2. The Labute approximate surface area is 104 Å². The Hall–Kier alpha value is -0.770. The fourth-order valence-electron chi connectivity index (χ4n) is 2.17. The van der Waals surface area contributed by atoms with Gasteiger partial charge < -0.3 is 9.32 Å². The lowest BCUT2D eigenvalue weighted by Crippen LogP contribution is -2.44. The molecule has 1 amide bonds. The number of carbonyl (C=O) groups is 1. The van der Waals surface area contributed by atoms with E-state index in [1.54, 1.807) is 6.07 Å². The van der Waals surface area contributed by atoms with Crippen LogP contribution in [0.5, 0.6) is 0 Å². The number of nitrogens with zero attached hydrogens (tertiary/aromatic N) is 1. The fourth-order valence-corrected chi connectivity index (χ4v) is 2.58. The van der Waals surface area contributed by atoms with Crippen LogP contribution in [0.15, 0.2) is 21.4 Å². The summed E-state index contributed by atoms with van der Waals surface area (Å²) in [7, 11) is 0. The van der Waals surface area contributed by atoms with E-state index >= 15 is 0 Å². The molecule has 1 aromatic rings. The molecule has 1 aromatic heterocycles. The molecule has 1 aliphatic rings. The van der Waals surface area contributed by atoms with Gasteiger partial charge in [-0.2, -0.15) is 0 Å². The smallest absolute Gasteiger partial charge is 0.258 e. The van der Waals surface area contributed by atoms with Crippen LogP contribution in [0, 0.1) is 5.92 Å². The van der Waals surface area contributed by atoms with Crippen molar-refractivity contribution in [2.45, 2.75) is 32.7 Å². The Balaban J connectivity index is 2.18. The summed E-state index contributed by atoms with van der Waals surface area (Å²) in [5.41, 5.74) is 0.626. The highest BCUT2D eigenvalue weighted by molar-refractivity contribution is 9.10. The van der Waals surface area contributed by atoms with E-state index in [0.717, 1.165) is 13.0 Å². The van der Waals surface area contributed by atoms with E-state index in [1.807, 2.05) is 4.90 Å². The summed E-state index contributed by atoms with van der Waals surface area (Å²) in [5.74, 6) is 0.658. The van der Waals surface area contributed by atoms with Crippen molar-refractivity contribution in [1.82, 2.24) is 4.90 Å². The molecule has 0 aromatic carbocycles. The van der Waals surface area contributed by atoms with Gasteiger partial charge in [0.15, 0.2) is 4.67 Å². The number of carbonyl (C=O) groups excluding carboxylic acids is 1. The number of likely N-dealkylation sites (tertiary alicyclic amines) is 1. The molecule has 3 nitrogen and oxygen atoms in total. The SMILES string of the molecule is CC1CCC(C)N(C(=O)c2ccoc2Br)C1. The summed E-state index contributed by atoms with van der Waals surface area (Å²) >= 11 is 3.25. The van der Waals surface area contributed by atoms with Gasteiger partial charge >= 0.3 is 0 Å². The fraction of sp³-hybridized carbons (Fsp3) is 0.583. The van der Waals surface area contributed by atoms with E-state index < -0.39 is 0 Å². The highest BCUT2D eigenvalue weighted by Crippen LogP contribution is 2.26. The van der Waals surface area contributed by atoms with Crippen LogP contribution in [0.3, 0.4) is 0 Å². The summed E-state index contributed by atoms with van der Waals surface area (Å²) in [5, 5.41) is 0. The van der Waals surface area contributed by atoms with Crippen LogP contribution in [-0.2, 0) is 0 Å². The molecule has 2 heterocycles. The minimum Gasteiger partial charge on any atom is -0.457 e. The zero-order valence-corrected chi connectivity index (χ0v) is 11.2. The van der Waals surface area contributed by atoms with E-state index in [1.165, 1.54) is 12.7 Å². The van der Waals surface area contributed by atoms with Crippen LogP contribution in [0.1, 0.15) is 37.0 Å². The third-order valence-electron chi connectivity index (χ3n) is 3.23. The van der Waals surface area contributed by atoms with Gasteiger partial charge in [-0.1, -0.05) is 6.92 Å². The third kappa shape index (κ3) is 2.17. The molecule has 0 aliphatic carbocycles. The molecule has 1 saturated heterocycles. The quantitative estimate of drug-likeness (QED) is 0.793. The maximum atomic E-state index is 12.3. The second kappa shape index (κ2) is 4.62. The molecule has 2 atom stereocenters. The molecule has 0 N–H and O–H groups in total. The van der Waals surface area contributed by atoms with Crippen LogP contribution in [0.4, 0.5) is 0 Å². The van der Waals surface area contributed by atoms with Crippen molar-refractivity contribution in [1.29, 1.82) is 0 Å².